The number of halogens is 4. The minimum atomic E-state index is -3.71. The molecule has 0 amide bonds. The average Bonchev–Trinajstić information content (AvgIpc) is 2.27. The topological polar surface area (TPSA) is 59.1 Å². The van der Waals surface area contributed by atoms with Crippen molar-refractivity contribution in [2.75, 3.05) is 17.1 Å². The largest absolute Gasteiger partial charge is 0.266 e. The number of rotatable bonds is 5. The van der Waals surface area contributed by atoms with Crippen molar-refractivity contribution in [1.29, 1.82) is 0 Å². The van der Waals surface area contributed by atoms with Crippen molar-refractivity contribution < 1.29 is 17.2 Å². The summed E-state index contributed by atoms with van der Waals surface area (Å²) in [6, 6.07) is 0. The second kappa shape index (κ2) is 6.10. The Morgan fingerprint density at radius 3 is 2.76 bits per heavy atom. The molecule has 4 nitrogen and oxygen atoms in total. The number of anilines is 1. The zero-order chi connectivity index (χ0) is 13.1. The summed E-state index contributed by atoms with van der Waals surface area (Å²) in [6.45, 7) is -0.733. The van der Waals surface area contributed by atoms with Crippen LogP contribution in [0.3, 0.4) is 0 Å². The highest BCUT2D eigenvalue weighted by Gasteiger charge is 2.16. The van der Waals surface area contributed by atoms with E-state index in [1.165, 1.54) is 0 Å². The van der Waals surface area contributed by atoms with E-state index in [-0.39, 0.29) is 26.6 Å². The van der Waals surface area contributed by atoms with E-state index in [2.05, 4.69) is 9.71 Å². The van der Waals surface area contributed by atoms with Gasteiger partial charge in [0, 0.05) is 0 Å². The molecule has 0 spiro atoms. The quantitative estimate of drug-likeness (QED) is 0.778. The Hall–Kier alpha value is -0.220. The van der Waals surface area contributed by atoms with Gasteiger partial charge >= 0.3 is 0 Å². The fourth-order valence-corrected chi connectivity index (χ4v) is 2.64. The van der Waals surface area contributed by atoms with Crippen LogP contribution in [0.4, 0.5) is 14.6 Å². The Bertz CT molecular complexity index is 512. The summed E-state index contributed by atoms with van der Waals surface area (Å²) in [6.07, 6.45) is 0.742. The van der Waals surface area contributed by atoms with E-state index in [1.807, 2.05) is 0 Å². The molecule has 0 radical (unpaired) electrons. The number of nitrogens with zero attached hydrogens (tertiary/aromatic N) is 1. The van der Waals surface area contributed by atoms with Crippen LogP contribution in [0.5, 0.6) is 0 Å². The molecule has 0 atom stereocenters. The van der Waals surface area contributed by atoms with Gasteiger partial charge in [-0.2, -0.15) is 0 Å². The zero-order valence-electron chi connectivity index (χ0n) is 8.38. The smallest absolute Gasteiger partial charge is 0.234 e. The van der Waals surface area contributed by atoms with E-state index in [9.17, 15) is 17.2 Å². The van der Waals surface area contributed by atoms with Crippen LogP contribution in [0, 0.1) is 9.39 Å². The summed E-state index contributed by atoms with van der Waals surface area (Å²) in [4.78, 5) is 3.54. The predicted octanol–water partition coefficient (Wildman–Crippen LogP) is 2.58. The fourth-order valence-electron chi connectivity index (χ4n) is 0.957. The van der Waals surface area contributed by atoms with Crippen molar-refractivity contribution in [2.24, 2.45) is 0 Å². The molecule has 0 aliphatic carbocycles. The maximum atomic E-state index is 13.0. The molecule has 1 aromatic heterocycles. The normalized spacial score (nSPS) is 11.5. The second-order valence-electron chi connectivity index (χ2n) is 3.05. The Balaban J connectivity index is 2.93. The summed E-state index contributed by atoms with van der Waals surface area (Å²) in [5.41, 5.74) is 0. The van der Waals surface area contributed by atoms with Gasteiger partial charge in [0.05, 0.1) is 22.2 Å². The van der Waals surface area contributed by atoms with Crippen LogP contribution in [0.25, 0.3) is 0 Å². The molecule has 96 valence electrons. The number of nitrogens with one attached hydrogen (secondary N) is 1. The molecular weight excluding hydrogens is 389 g/mol. The minimum Gasteiger partial charge on any atom is -0.266 e. The summed E-state index contributed by atoms with van der Waals surface area (Å²) in [5, 5.41) is -0.116. The lowest BCUT2D eigenvalue weighted by atomic mass is 10.4. The second-order valence-corrected chi connectivity index (χ2v) is 6.34. The van der Waals surface area contributed by atoms with Crippen LogP contribution in [-0.2, 0) is 10.0 Å². The molecule has 1 N–H and O–H groups in total. The minimum absolute atomic E-state index is 0.0717. The first-order chi connectivity index (χ1) is 7.87. The molecule has 0 saturated heterocycles. The van der Waals surface area contributed by atoms with Crippen molar-refractivity contribution in [1.82, 2.24) is 4.98 Å². The molecule has 17 heavy (non-hydrogen) atoms. The maximum absolute atomic E-state index is 13.0. The highest BCUT2D eigenvalue weighted by atomic mass is 127. The summed E-state index contributed by atoms with van der Waals surface area (Å²) < 4.78 is 49.9. The van der Waals surface area contributed by atoms with Crippen molar-refractivity contribution in [3.63, 3.8) is 0 Å². The fraction of sp³-hybridized carbons (Fsp3) is 0.375. The summed E-state index contributed by atoms with van der Waals surface area (Å²) in [5.74, 6) is -1.17. The van der Waals surface area contributed by atoms with Gasteiger partial charge in [0.15, 0.2) is 11.6 Å². The number of hydrogen-bond acceptors (Lipinski definition) is 3. The van der Waals surface area contributed by atoms with Crippen LogP contribution in [0.15, 0.2) is 6.20 Å². The van der Waals surface area contributed by atoms with Crippen molar-refractivity contribution >= 4 is 50.0 Å². The van der Waals surface area contributed by atoms with Crippen molar-refractivity contribution in [2.45, 2.75) is 6.42 Å². The molecule has 0 fully saturated rings. The van der Waals surface area contributed by atoms with Gasteiger partial charge < -0.3 is 0 Å². The lowest BCUT2D eigenvalue weighted by molar-refractivity contribution is 0.484. The van der Waals surface area contributed by atoms with Crippen LogP contribution in [-0.4, -0.2) is 25.8 Å². The van der Waals surface area contributed by atoms with E-state index in [1.54, 1.807) is 22.6 Å². The zero-order valence-corrected chi connectivity index (χ0v) is 12.1. The lowest BCUT2D eigenvalue weighted by Crippen LogP contribution is -2.18. The third-order valence-corrected chi connectivity index (χ3v) is 4.79. The van der Waals surface area contributed by atoms with Crippen molar-refractivity contribution in [3.05, 3.63) is 20.6 Å². The SMILES string of the molecule is O=S(=O)(CCCF)Nc1ncc(F)c(I)c1Cl. The monoisotopic (exact) mass is 396 g/mol. The first kappa shape index (κ1) is 14.8. The van der Waals surface area contributed by atoms with Gasteiger partial charge in [0.25, 0.3) is 0 Å². The van der Waals surface area contributed by atoms with E-state index in [0.29, 0.717) is 0 Å². The average molecular weight is 397 g/mol. The Morgan fingerprint density at radius 2 is 2.18 bits per heavy atom. The molecule has 1 heterocycles. The van der Waals surface area contributed by atoms with Crippen LogP contribution in [0.2, 0.25) is 5.02 Å². The Labute approximate surface area is 116 Å². The van der Waals surface area contributed by atoms with Crippen LogP contribution >= 0.6 is 34.2 Å². The van der Waals surface area contributed by atoms with E-state index >= 15 is 0 Å². The molecule has 1 rings (SSSR count). The van der Waals surface area contributed by atoms with Crippen LogP contribution in [0.1, 0.15) is 6.42 Å². The van der Waals surface area contributed by atoms with E-state index in [0.717, 1.165) is 6.20 Å². The lowest BCUT2D eigenvalue weighted by Gasteiger charge is -2.09. The number of pyridine rings is 1. The van der Waals surface area contributed by atoms with Crippen LogP contribution < -0.4 is 4.72 Å². The third-order valence-electron chi connectivity index (χ3n) is 1.72. The first-order valence-corrected chi connectivity index (χ1v) is 7.54. The summed E-state index contributed by atoms with van der Waals surface area (Å²) in [7, 11) is -3.71. The molecule has 0 bridgehead atoms. The number of hydrogen-bond donors (Lipinski definition) is 1. The third kappa shape index (κ3) is 4.18. The van der Waals surface area contributed by atoms with Gasteiger partial charge in [-0.05, 0) is 29.0 Å². The van der Waals surface area contributed by atoms with Gasteiger partial charge in [0.2, 0.25) is 10.0 Å². The maximum Gasteiger partial charge on any atom is 0.234 e. The molecule has 0 aliphatic rings. The standard InChI is InChI=1S/C8H8ClF2IN2O2S/c9-6-7(12)5(11)4-13-8(6)14-17(15,16)3-1-2-10/h4H,1-3H2,(H,13,14). The molecule has 0 unspecified atom stereocenters. The van der Waals surface area contributed by atoms with Gasteiger partial charge in [-0.1, -0.05) is 11.6 Å². The van der Waals surface area contributed by atoms with E-state index in [4.69, 9.17) is 11.6 Å². The van der Waals surface area contributed by atoms with Crippen molar-refractivity contribution in [3.8, 4) is 0 Å². The number of sulfonamides is 1. The first-order valence-electron chi connectivity index (χ1n) is 4.43. The van der Waals surface area contributed by atoms with Gasteiger partial charge in [-0.3, -0.25) is 9.11 Å². The molecule has 0 aliphatic heterocycles. The highest BCUT2D eigenvalue weighted by Crippen LogP contribution is 2.27. The summed E-state index contributed by atoms with van der Waals surface area (Å²) >= 11 is 7.36. The molecular formula is C8H8ClF2IN2O2S. The molecule has 9 heteroatoms. The Morgan fingerprint density at radius 1 is 1.53 bits per heavy atom. The Kier molecular flexibility index (Phi) is 5.32. The van der Waals surface area contributed by atoms with Gasteiger partial charge in [-0.25, -0.2) is 17.8 Å². The van der Waals surface area contributed by atoms with E-state index < -0.39 is 22.5 Å². The highest BCUT2D eigenvalue weighted by molar-refractivity contribution is 14.1. The number of alkyl halides is 1. The molecule has 1 aromatic rings. The van der Waals surface area contributed by atoms with Gasteiger partial charge in [0.1, 0.15) is 5.02 Å². The number of aromatic nitrogens is 1. The van der Waals surface area contributed by atoms with Gasteiger partial charge in [-0.15, -0.1) is 0 Å². The predicted molar refractivity (Wildman–Crippen MR) is 69.9 cm³/mol. The molecule has 0 saturated carbocycles. The molecule has 0 aromatic carbocycles.